The number of aromatic nitrogens is 2. The number of rotatable bonds is 5. The van der Waals surface area contributed by atoms with E-state index in [1.165, 1.54) is 0 Å². The maximum atomic E-state index is 5.86. The molecule has 27 heavy (non-hydrogen) atoms. The van der Waals surface area contributed by atoms with E-state index in [9.17, 15) is 0 Å². The first-order valence-corrected chi connectivity index (χ1v) is 9.32. The zero-order valence-electron chi connectivity index (χ0n) is 15.6. The van der Waals surface area contributed by atoms with E-state index < -0.39 is 0 Å². The van der Waals surface area contributed by atoms with Gasteiger partial charge in [-0.25, -0.2) is 9.97 Å². The lowest BCUT2D eigenvalue weighted by molar-refractivity contribution is 0.306. The molecule has 1 aliphatic heterocycles. The number of nitrogens with zero attached hydrogens (tertiary/aromatic N) is 4. The highest BCUT2D eigenvalue weighted by atomic mass is 16.5. The van der Waals surface area contributed by atoms with Gasteiger partial charge in [0.1, 0.15) is 18.2 Å². The van der Waals surface area contributed by atoms with Crippen LogP contribution >= 0.6 is 0 Å². The maximum Gasteiger partial charge on any atom is 0.161 e. The van der Waals surface area contributed by atoms with Crippen molar-refractivity contribution in [2.45, 2.75) is 6.61 Å². The molecule has 0 amide bonds. The highest BCUT2D eigenvalue weighted by Crippen LogP contribution is 2.22. The van der Waals surface area contributed by atoms with Crippen LogP contribution in [-0.4, -0.2) is 48.1 Å². The van der Waals surface area contributed by atoms with Gasteiger partial charge in [0.2, 0.25) is 0 Å². The first kappa shape index (κ1) is 17.5. The van der Waals surface area contributed by atoms with Gasteiger partial charge in [0.25, 0.3) is 0 Å². The van der Waals surface area contributed by atoms with Gasteiger partial charge >= 0.3 is 0 Å². The summed E-state index contributed by atoms with van der Waals surface area (Å²) in [6, 6.07) is 20.2. The minimum Gasteiger partial charge on any atom is -0.489 e. The Morgan fingerprint density at radius 1 is 0.889 bits per heavy atom. The third kappa shape index (κ3) is 4.44. The molecule has 3 aromatic rings. The lowest BCUT2D eigenvalue weighted by atomic mass is 10.2. The quantitative estimate of drug-likeness (QED) is 0.697. The van der Waals surface area contributed by atoms with Crippen LogP contribution in [0.4, 0.5) is 5.82 Å². The van der Waals surface area contributed by atoms with Crippen LogP contribution in [0.3, 0.4) is 0 Å². The van der Waals surface area contributed by atoms with E-state index in [-0.39, 0.29) is 0 Å². The van der Waals surface area contributed by atoms with Gasteiger partial charge in [0, 0.05) is 37.9 Å². The predicted molar refractivity (Wildman–Crippen MR) is 108 cm³/mol. The molecule has 138 valence electrons. The average molecular weight is 360 g/mol. The molecule has 2 heterocycles. The molecule has 1 aliphatic rings. The van der Waals surface area contributed by atoms with Crippen molar-refractivity contribution in [1.82, 2.24) is 14.9 Å². The zero-order valence-corrected chi connectivity index (χ0v) is 15.6. The molecule has 5 heteroatoms. The summed E-state index contributed by atoms with van der Waals surface area (Å²) in [5, 5.41) is 0. The van der Waals surface area contributed by atoms with E-state index >= 15 is 0 Å². The Morgan fingerprint density at radius 3 is 2.37 bits per heavy atom. The Bertz CT molecular complexity index is 859. The second-order valence-electron chi connectivity index (χ2n) is 6.83. The zero-order chi connectivity index (χ0) is 18.5. The second-order valence-corrected chi connectivity index (χ2v) is 6.83. The number of hydrogen-bond donors (Lipinski definition) is 0. The number of benzene rings is 2. The first-order valence-electron chi connectivity index (χ1n) is 9.32. The molecule has 1 fully saturated rings. The van der Waals surface area contributed by atoms with Crippen LogP contribution in [0.15, 0.2) is 66.9 Å². The molecule has 0 bridgehead atoms. The summed E-state index contributed by atoms with van der Waals surface area (Å²) in [6.45, 7) is 4.69. The van der Waals surface area contributed by atoms with Gasteiger partial charge in [-0.15, -0.1) is 0 Å². The topological polar surface area (TPSA) is 41.5 Å². The molecule has 0 atom stereocenters. The van der Waals surface area contributed by atoms with Crippen molar-refractivity contribution in [1.29, 1.82) is 0 Å². The summed E-state index contributed by atoms with van der Waals surface area (Å²) in [7, 11) is 2.16. The van der Waals surface area contributed by atoms with Gasteiger partial charge in [-0.05, 0) is 42.9 Å². The van der Waals surface area contributed by atoms with E-state index in [1.54, 1.807) is 0 Å². The van der Waals surface area contributed by atoms with Crippen LogP contribution in [0.1, 0.15) is 5.56 Å². The van der Waals surface area contributed by atoms with Crippen molar-refractivity contribution in [2.75, 3.05) is 38.1 Å². The molecule has 1 saturated heterocycles. The Hall–Kier alpha value is -2.92. The highest BCUT2D eigenvalue weighted by molar-refractivity contribution is 5.58. The van der Waals surface area contributed by atoms with E-state index in [4.69, 9.17) is 9.72 Å². The summed E-state index contributed by atoms with van der Waals surface area (Å²) in [5.41, 5.74) is 2.16. The molecule has 1 aromatic heterocycles. The smallest absolute Gasteiger partial charge is 0.161 e. The molecule has 0 spiro atoms. The third-order valence-corrected chi connectivity index (χ3v) is 4.83. The highest BCUT2D eigenvalue weighted by Gasteiger charge is 2.16. The fourth-order valence-electron chi connectivity index (χ4n) is 3.14. The molecule has 5 nitrogen and oxygen atoms in total. The van der Waals surface area contributed by atoms with Crippen molar-refractivity contribution in [3.05, 3.63) is 72.4 Å². The number of piperazine rings is 1. The number of likely N-dealkylation sites (N-methyl/N-ethyl adjacent to an activating group) is 1. The fourth-order valence-corrected chi connectivity index (χ4v) is 3.14. The van der Waals surface area contributed by atoms with E-state index in [2.05, 4.69) is 34.0 Å². The Morgan fingerprint density at radius 2 is 1.63 bits per heavy atom. The minimum absolute atomic E-state index is 0.565. The van der Waals surface area contributed by atoms with Gasteiger partial charge in [-0.3, -0.25) is 0 Å². The van der Waals surface area contributed by atoms with Crippen molar-refractivity contribution in [3.8, 4) is 17.1 Å². The number of hydrogen-bond acceptors (Lipinski definition) is 5. The van der Waals surface area contributed by atoms with Crippen molar-refractivity contribution in [2.24, 2.45) is 0 Å². The molecular weight excluding hydrogens is 336 g/mol. The molecular formula is C22H24N4O. The minimum atomic E-state index is 0.565. The van der Waals surface area contributed by atoms with Crippen LogP contribution < -0.4 is 9.64 Å². The summed E-state index contributed by atoms with van der Waals surface area (Å²) in [4.78, 5) is 13.9. The fraction of sp³-hybridized carbons (Fsp3) is 0.273. The van der Waals surface area contributed by atoms with Gasteiger partial charge in [0.05, 0.1) is 0 Å². The number of ether oxygens (including phenoxy) is 1. The molecule has 0 saturated carbocycles. The van der Waals surface area contributed by atoms with Gasteiger partial charge < -0.3 is 14.5 Å². The summed E-state index contributed by atoms with van der Waals surface area (Å²) in [6.07, 6.45) is 1.84. The monoisotopic (exact) mass is 360 g/mol. The van der Waals surface area contributed by atoms with Crippen LogP contribution in [-0.2, 0) is 6.61 Å². The van der Waals surface area contributed by atoms with Gasteiger partial charge in [-0.1, -0.05) is 30.3 Å². The summed E-state index contributed by atoms with van der Waals surface area (Å²) >= 11 is 0. The standard InChI is InChI=1S/C22H24N4O/c1-25-13-15-26(16-14-25)21-11-12-23-22(24-21)19-7-9-20(10-8-19)27-17-18-5-3-2-4-6-18/h2-12H,13-17H2,1H3. The summed E-state index contributed by atoms with van der Waals surface area (Å²) in [5.74, 6) is 2.59. The van der Waals surface area contributed by atoms with E-state index in [0.717, 1.165) is 54.7 Å². The van der Waals surface area contributed by atoms with Crippen LogP contribution in [0.2, 0.25) is 0 Å². The second kappa shape index (κ2) is 8.18. The van der Waals surface area contributed by atoms with E-state index in [0.29, 0.717) is 6.61 Å². The maximum absolute atomic E-state index is 5.86. The van der Waals surface area contributed by atoms with Gasteiger partial charge in [-0.2, -0.15) is 0 Å². The molecule has 0 radical (unpaired) electrons. The SMILES string of the molecule is CN1CCN(c2ccnc(-c3ccc(OCc4ccccc4)cc3)n2)CC1. The van der Waals surface area contributed by atoms with Crippen molar-refractivity contribution in [3.63, 3.8) is 0 Å². The number of anilines is 1. The molecule has 0 unspecified atom stereocenters. The largest absolute Gasteiger partial charge is 0.489 e. The lowest BCUT2D eigenvalue weighted by Gasteiger charge is -2.33. The Labute approximate surface area is 160 Å². The Kier molecular flexibility index (Phi) is 5.30. The van der Waals surface area contributed by atoms with E-state index in [1.807, 2.05) is 54.7 Å². The third-order valence-electron chi connectivity index (χ3n) is 4.83. The molecule has 2 aromatic carbocycles. The molecule has 0 aliphatic carbocycles. The lowest BCUT2D eigenvalue weighted by Crippen LogP contribution is -2.44. The average Bonchev–Trinajstić information content (AvgIpc) is 2.74. The van der Waals surface area contributed by atoms with Gasteiger partial charge in [0.15, 0.2) is 5.82 Å². The van der Waals surface area contributed by atoms with Crippen LogP contribution in [0.5, 0.6) is 5.75 Å². The molecule has 4 rings (SSSR count). The molecule has 0 N–H and O–H groups in total. The van der Waals surface area contributed by atoms with Crippen LogP contribution in [0, 0.1) is 0 Å². The normalized spacial score (nSPS) is 14.9. The Balaban J connectivity index is 1.43. The predicted octanol–water partition coefficient (Wildman–Crippen LogP) is 3.47. The van der Waals surface area contributed by atoms with Crippen LogP contribution in [0.25, 0.3) is 11.4 Å². The van der Waals surface area contributed by atoms with Crippen molar-refractivity contribution < 1.29 is 4.74 Å². The first-order chi connectivity index (χ1) is 13.3. The van der Waals surface area contributed by atoms with Crippen molar-refractivity contribution >= 4 is 5.82 Å². The summed E-state index contributed by atoms with van der Waals surface area (Å²) < 4.78 is 5.86.